The second kappa shape index (κ2) is 7.18. The van der Waals surface area contributed by atoms with Gasteiger partial charge in [-0.1, -0.05) is 24.6 Å². The minimum atomic E-state index is -0.106. The summed E-state index contributed by atoms with van der Waals surface area (Å²) >= 11 is 0. The van der Waals surface area contributed by atoms with Gasteiger partial charge in [-0.2, -0.15) is 0 Å². The number of para-hydroxylation sites is 1. The molecule has 1 fully saturated rings. The number of carbonyl (C=O) groups is 1. The van der Waals surface area contributed by atoms with Crippen LogP contribution in [0.5, 0.6) is 0 Å². The number of fused-ring (bicyclic) bond motifs is 1. The number of likely N-dealkylation sites (tertiary alicyclic amines) is 1. The first-order valence-corrected chi connectivity index (χ1v) is 8.67. The van der Waals surface area contributed by atoms with E-state index in [9.17, 15) is 4.79 Å². The van der Waals surface area contributed by atoms with Crippen LogP contribution in [0.15, 0.2) is 28.7 Å². The highest BCUT2D eigenvalue weighted by molar-refractivity contribution is 5.98. The van der Waals surface area contributed by atoms with E-state index >= 15 is 0 Å². The smallest absolute Gasteiger partial charge is 0.287 e. The lowest BCUT2D eigenvalue weighted by atomic mass is 10.0. The number of hydrogen-bond acceptors (Lipinski definition) is 3. The number of piperidine rings is 1. The molecule has 1 aliphatic rings. The van der Waals surface area contributed by atoms with Gasteiger partial charge in [0.05, 0.1) is 0 Å². The van der Waals surface area contributed by atoms with Gasteiger partial charge >= 0.3 is 0 Å². The normalized spacial score (nSPS) is 19.1. The summed E-state index contributed by atoms with van der Waals surface area (Å²) in [5, 5.41) is 4.01. The van der Waals surface area contributed by atoms with Crippen LogP contribution in [-0.4, -0.2) is 36.5 Å². The Morgan fingerprint density at radius 3 is 2.96 bits per heavy atom. The SMILES string of the molecule is Cc1c(C(=O)NCCCN2CCCC[C@@H]2C)oc2ccccc12. The molecule has 1 N–H and O–H groups in total. The zero-order chi connectivity index (χ0) is 16.2. The maximum atomic E-state index is 12.3. The van der Waals surface area contributed by atoms with E-state index in [1.165, 1.54) is 25.8 Å². The van der Waals surface area contributed by atoms with Crippen LogP contribution < -0.4 is 5.32 Å². The van der Waals surface area contributed by atoms with Gasteiger partial charge in [-0.05, 0) is 45.7 Å². The fourth-order valence-corrected chi connectivity index (χ4v) is 3.45. The molecule has 0 spiro atoms. The Labute approximate surface area is 137 Å². The number of carbonyl (C=O) groups excluding carboxylic acids is 1. The lowest BCUT2D eigenvalue weighted by Gasteiger charge is -2.33. The van der Waals surface area contributed by atoms with Crippen LogP contribution in [0.1, 0.15) is 48.7 Å². The van der Waals surface area contributed by atoms with Crippen LogP contribution in [0.25, 0.3) is 11.0 Å². The van der Waals surface area contributed by atoms with Gasteiger partial charge in [-0.15, -0.1) is 0 Å². The first-order valence-electron chi connectivity index (χ1n) is 8.67. The first kappa shape index (κ1) is 16.1. The predicted molar refractivity (Wildman–Crippen MR) is 92.8 cm³/mol. The van der Waals surface area contributed by atoms with Crippen LogP contribution in [0.3, 0.4) is 0 Å². The molecule has 4 nitrogen and oxygen atoms in total. The van der Waals surface area contributed by atoms with Crippen molar-refractivity contribution in [2.45, 2.75) is 45.6 Å². The molecule has 0 saturated carbocycles. The number of rotatable bonds is 5. The second-order valence-electron chi connectivity index (χ2n) is 6.54. The number of benzene rings is 1. The molecule has 2 aromatic rings. The van der Waals surface area contributed by atoms with Gasteiger partial charge in [0.1, 0.15) is 5.58 Å². The Morgan fingerprint density at radius 2 is 2.17 bits per heavy atom. The Morgan fingerprint density at radius 1 is 1.35 bits per heavy atom. The predicted octanol–water partition coefficient (Wildman–Crippen LogP) is 3.74. The van der Waals surface area contributed by atoms with Crippen LogP contribution in [0, 0.1) is 6.92 Å². The number of hydrogen-bond donors (Lipinski definition) is 1. The molecular formula is C19H26N2O2. The first-order chi connectivity index (χ1) is 11.2. The van der Waals surface area contributed by atoms with Crippen molar-refractivity contribution in [3.8, 4) is 0 Å². The molecule has 1 aliphatic heterocycles. The summed E-state index contributed by atoms with van der Waals surface area (Å²) in [6.45, 7) is 7.18. The third-order valence-corrected chi connectivity index (χ3v) is 4.90. The number of furan rings is 1. The average Bonchev–Trinajstić information content (AvgIpc) is 2.90. The standard InChI is InChI=1S/C19H26N2O2/c1-14-8-5-6-12-21(14)13-7-11-20-19(22)18-15(2)16-9-3-4-10-17(16)23-18/h3-4,9-10,14H,5-8,11-13H2,1-2H3,(H,20,22)/t14-/m0/s1. The molecule has 1 amide bonds. The topological polar surface area (TPSA) is 45.5 Å². The van der Waals surface area contributed by atoms with Gasteiger partial charge in [0, 0.05) is 30.1 Å². The van der Waals surface area contributed by atoms with Crippen LogP contribution >= 0.6 is 0 Å². The highest BCUT2D eigenvalue weighted by atomic mass is 16.3. The summed E-state index contributed by atoms with van der Waals surface area (Å²) in [5.74, 6) is 0.336. The van der Waals surface area contributed by atoms with Gasteiger partial charge < -0.3 is 14.6 Å². The van der Waals surface area contributed by atoms with E-state index in [2.05, 4.69) is 17.1 Å². The Bertz CT molecular complexity index is 677. The van der Waals surface area contributed by atoms with Crippen molar-refractivity contribution < 1.29 is 9.21 Å². The van der Waals surface area contributed by atoms with Gasteiger partial charge in [0.2, 0.25) is 0 Å². The van der Waals surface area contributed by atoms with Gasteiger partial charge in [-0.25, -0.2) is 0 Å². The monoisotopic (exact) mass is 314 g/mol. The summed E-state index contributed by atoms with van der Waals surface area (Å²) in [6, 6.07) is 8.45. The molecule has 2 heterocycles. The molecule has 4 heteroatoms. The highest BCUT2D eigenvalue weighted by Crippen LogP contribution is 2.24. The average molecular weight is 314 g/mol. The molecule has 23 heavy (non-hydrogen) atoms. The van der Waals surface area contributed by atoms with E-state index in [0.29, 0.717) is 18.3 Å². The largest absolute Gasteiger partial charge is 0.451 e. The zero-order valence-electron chi connectivity index (χ0n) is 14.1. The van der Waals surface area contributed by atoms with Gasteiger partial charge in [0.25, 0.3) is 5.91 Å². The maximum Gasteiger partial charge on any atom is 0.287 e. The highest BCUT2D eigenvalue weighted by Gasteiger charge is 2.19. The van der Waals surface area contributed by atoms with E-state index in [1.807, 2.05) is 31.2 Å². The van der Waals surface area contributed by atoms with E-state index in [1.54, 1.807) is 0 Å². The molecule has 3 rings (SSSR count). The minimum absolute atomic E-state index is 0.106. The molecular weight excluding hydrogens is 288 g/mol. The second-order valence-corrected chi connectivity index (χ2v) is 6.54. The quantitative estimate of drug-likeness (QED) is 0.855. The fraction of sp³-hybridized carbons (Fsp3) is 0.526. The van der Waals surface area contributed by atoms with Crippen molar-refractivity contribution in [2.24, 2.45) is 0 Å². The maximum absolute atomic E-state index is 12.3. The number of nitrogens with zero attached hydrogens (tertiary/aromatic N) is 1. The summed E-state index contributed by atoms with van der Waals surface area (Å²) in [6.07, 6.45) is 4.93. The molecule has 0 bridgehead atoms. The van der Waals surface area contributed by atoms with Crippen molar-refractivity contribution in [3.05, 3.63) is 35.6 Å². The molecule has 0 radical (unpaired) electrons. The van der Waals surface area contributed by atoms with Crippen molar-refractivity contribution in [2.75, 3.05) is 19.6 Å². The molecule has 1 aromatic carbocycles. The van der Waals surface area contributed by atoms with E-state index in [0.717, 1.165) is 29.5 Å². The Kier molecular flexibility index (Phi) is 5.01. The zero-order valence-corrected chi connectivity index (χ0v) is 14.1. The summed E-state index contributed by atoms with van der Waals surface area (Å²) < 4.78 is 5.70. The van der Waals surface area contributed by atoms with Crippen molar-refractivity contribution >= 4 is 16.9 Å². The fourth-order valence-electron chi connectivity index (χ4n) is 3.45. The summed E-state index contributed by atoms with van der Waals surface area (Å²) in [4.78, 5) is 14.9. The molecule has 1 aromatic heterocycles. The summed E-state index contributed by atoms with van der Waals surface area (Å²) in [5.41, 5.74) is 1.69. The molecule has 0 aliphatic carbocycles. The van der Waals surface area contributed by atoms with Crippen LogP contribution in [-0.2, 0) is 0 Å². The van der Waals surface area contributed by atoms with E-state index in [4.69, 9.17) is 4.42 Å². The van der Waals surface area contributed by atoms with E-state index < -0.39 is 0 Å². The van der Waals surface area contributed by atoms with Crippen molar-refractivity contribution in [1.29, 1.82) is 0 Å². The molecule has 124 valence electrons. The third kappa shape index (κ3) is 3.58. The number of nitrogens with one attached hydrogen (secondary N) is 1. The lowest BCUT2D eigenvalue weighted by Crippen LogP contribution is -2.39. The molecule has 1 atom stereocenters. The van der Waals surface area contributed by atoms with Gasteiger partial charge in [0.15, 0.2) is 5.76 Å². The summed E-state index contributed by atoms with van der Waals surface area (Å²) in [7, 11) is 0. The Hall–Kier alpha value is -1.81. The third-order valence-electron chi connectivity index (χ3n) is 4.90. The Balaban J connectivity index is 1.51. The molecule has 1 saturated heterocycles. The minimum Gasteiger partial charge on any atom is -0.451 e. The van der Waals surface area contributed by atoms with Crippen LogP contribution in [0.4, 0.5) is 0 Å². The lowest BCUT2D eigenvalue weighted by molar-refractivity contribution is 0.0922. The number of amides is 1. The van der Waals surface area contributed by atoms with Crippen molar-refractivity contribution in [1.82, 2.24) is 10.2 Å². The number of aryl methyl sites for hydroxylation is 1. The van der Waals surface area contributed by atoms with Crippen molar-refractivity contribution in [3.63, 3.8) is 0 Å². The van der Waals surface area contributed by atoms with Crippen LogP contribution in [0.2, 0.25) is 0 Å². The van der Waals surface area contributed by atoms with E-state index in [-0.39, 0.29) is 5.91 Å². The van der Waals surface area contributed by atoms with Gasteiger partial charge in [-0.3, -0.25) is 4.79 Å². The molecule has 0 unspecified atom stereocenters.